The number of nitrogens with zero attached hydrogens (tertiary/aromatic N) is 1. The Labute approximate surface area is 205 Å². The molecular weight excluding hydrogens is 444 g/mol. The molecule has 2 aromatic carbocycles. The SMILES string of the molecule is CCCCCOc1ccc(/C=C/C(=O)Nc2nc(-c3ccc4c(c3)CCCC4)cs2)cc1OC. The largest absolute Gasteiger partial charge is 0.493 e. The first kappa shape index (κ1) is 24.0. The van der Waals surface area contributed by atoms with E-state index in [1.807, 2.05) is 23.6 Å². The number of carbonyl (C=O) groups excluding carboxylic acids is 1. The van der Waals surface area contributed by atoms with Gasteiger partial charge in [0, 0.05) is 17.0 Å². The molecular formula is C28H32N2O3S. The van der Waals surface area contributed by atoms with Gasteiger partial charge >= 0.3 is 0 Å². The van der Waals surface area contributed by atoms with E-state index in [9.17, 15) is 4.79 Å². The lowest BCUT2D eigenvalue weighted by molar-refractivity contribution is -0.111. The Morgan fingerprint density at radius 1 is 1.09 bits per heavy atom. The van der Waals surface area contributed by atoms with Crippen molar-refractivity contribution < 1.29 is 14.3 Å². The van der Waals surface area contributed by atoms with Gasteiger partial charge in [-0.25, -0.2) is 4.98 Å². The van der Waals surface area contributed by atoms with E-state index in [4.69, 9.17) is 9.47 Å². The van der Waals surface area contributed by atoms with E-state index in [1.54, 1.807) is 13.2 Å². The Hall–Kier alpha value is -3.12. The number of carbonyl (C=O) groups is 1. The summed E-state index contributed by atoms with van der Waals surface area (Å²) >= 11 is 1.44. The van der Waals surface area contributed by atoms with E-state index in [-0.39, 0.29) is 5.91 Å². The number of benzene rings is 2. The van der Waals surface area contributed by atoms with E-state index >= 15 is 0 Å². The number of ether oxygens (including phenoxy) is 2. The van der Waals surface area contributed by atoms with E-state index in [0.29, 0.717) is 17.5 Å². The summed E-state index contributed by atoms with van der Waals surface area (Å²) in [6, 6.07) is 12.3. The molecule has 1 amide bonds. The molecule has 4 rings (SSSR count). The Kier molecular flexibility index (Phi) is 8.36. The minimum absolute atomic E-state index is 0.217. The molecule has 178 valence electrons. The maximum atomic E-state index is 12.5. The summed E-state index contributed by atoms with van der Waals surface area (Å²) < 4.78 is 11.3. The van der Waals surface area contributed by atoms with Crippen molar-refractivity contribution in [1.29, 1.82) is 0 Å². The van der Waals surface area contributed by atoms with Crippen molar-refractivity contribution in [2.45, 2.75) is 51.9 Å². The van der Waals surface area contributed by atoms with Gasteiger partial charge in [-0.15, -0.1) is 11.3 Å². The fourth-order valence-electron chi connectivity index (χ4n) is 4.12. The number of rotatable bonds is 10. The lowest BCUT2D eigenvalue weighted by Crippen LogP contribution is -2.07. The van der Waals surface area contributed by atoms with Gasteiger partial charge in [0.2, 0.25) is 5.91 Å². The van der Waals surface area contributed by atoms with Gasteiger partial charge in [-0.2, -0.15) is 0 Å². The van der Waals surface area contributed by atoms with Crippen LogP contribution in [0.2, 0.25) is 0 Å². The van der Waals surface area contributed by atoms with Crippen molar-refractivity contribution >= 4 is 28.5 Å². The van der Waals surface area contributed by atoms with Crippen LogP contribution in [-0.2, 0) is 17.6 Å². The van der Waals surface area contributed by atoms with Crippen molar-refractivity contribution in [1.82, 2.24) is 4.98 Å². The van der Waals surface area contributed by atoms with E-state index in [2.05, 4.69) is 35.4 Å². The molecule has 0 aliphatic heterocycles. The summed E-state index contributed by atoms with van der Waals surface area (Å²) in [5, 5.41) is 5.46. The standard InChI is InChI=1S/C28H32N2O3S/c1-3-4-7-16-33-25-14-10-20(17-26(25)32-2)11-15-27(31)30-28-29-24(19-34-28)23-13-12-21-8-5-6-9-22(21)18-23/h10-15,17-19H,3-9,16H2,1-2H3,(H,29,30,31)/b15-11+. The van der Waals surface area contributed by atoms with Crippen LogP contribution < -0.4 is 14.8 Å². The summed E-state index contributed by atoms with van der Waals surface area (Å²) in [5.74, 6) is 1.16. The molecule has 0 spiro atoms. The predicted octanol–water partition coefficient (Wildman–Crippen LogP) is 6.92. The lowest BCUT2D eigenvalue weighted by Gasteiger charge is -2.16. The maximum Gasteiger partial charge on any atom is 0.250 e. The van der Waals surface area contributed by atoms with Crippen LogP contribution in [-0.4, -0.2) is 24.6 Å². The molecule has 1 heterocycles. The summed E-state index contributed by atoms with van der Waals surface area (Å²) in [5.41, 5.74) is 5.76. The molecule has 1 aromatic heterocycles. The number of aryl methyl sites for hydroxylation is 2. The number of anilines is 1. The molecule has 6 heteroatoms. The quantitative estimate of drug-likeness (QED) is 0.255. The van der Waals surface area contributed by atoms with Crippen LogP contribution in [0, 0.1) is 0 Å². The summed E-state index contributed by atoms with van der Waals surface area (Å²) in [6.07, 6.45) is 11.4. The zero-order valence-corrected chi connectivity index (χ0v) is 20.7. The van der Waals surface area contributed by atoms with E-state index < -0.39 is 0 Å². The smallest absolute Gasteiger partial charge is 0.250 e. The van der Waals surface area contributed by atoms with Crippen molar-refractivity contribution in [2.24, 2.45) is 0 Å². The zero-order valence-electron chi connectivity index (χ0n) is 19.9. The third-order valence-corrected chi connectivity index (χ3v) is 6.76. The van der Waals surface area contributed by atoms with Crippen LogP contribution >= 0.6 is 11.3 Å². The Bertz CT molecular complexity index is 1150. The fourth-order valence-corrected chi connectivity index (χ4v) is 4.84. The van der Waals surface area contributed by atoms with Crippen molar-refractivity contribution in [3.8, 4) is 22.8 Å². The molecule has 0 saturated heterocycles. The monoisotopic (exact) mass is 476 g/mol. The Morgan fingerprint density at radius 2 is 1.94 bits per heavy atom. The highest BCUT2D eigenvalue weighted by Gasteiger charge is 2.12. The van der Waals surface area contributed by atoms with Crippen molar-refractivity contribution in [2.75, 3.05) is 19.0 Å². The molecule has 0 saturated carbocycles. The fraction of sp³-hybridized carbons (Fsp3) is 0.357. The molecule has 34 heavy (non-hydrogen) atoms. The first-order valence-electron chi connectivity index (χ1n) is 12.0. The molecule has 1 aliphatic carbocycles. The molecule has 0 bridgehead atoms. The number of amides is 1. The van der Waals surface area contributed by atoms with Crippen molar-refractivity contribution in [3.05, 3.63) is 64.5 Å². The highest BCUT2D eigenvalue weighted by atomic mass is 32.1. The number of fused-ring (bicyclic) bond motifs is 1. The predicted molar refractivity (Wildman–Crippen MR) is 140 cm³/mol. The minimum Gasteiger partial charge on any atom is -0.493 e. The van der Waals surface area contributed by atoms with Crippen LogP contribution in [0.4, 0.5) is 5.13 Å². The third-order valence-electron chi connectivity index (χ3n) is 6.00. The van der Waals surface area contributed by atoms with Crippen LogP contribution in [0.5, 0.6) is 11.5 Å². The molecule has 0 radical (unpaired) electrons. The maximum absolute atomic E-state index is 12.5. The number of unbranched alkanes of at least 4 members (excludes halogenated alkanes) is 2. The normalized spacial score (nSPS) is 13.0. The van der Waals surface area contributed by atoms with Gasteiger partial charge in [0.1, 0.15) is 0 Å². The number of methoxy groups -OCH3 is 1. The lowest BCUT2D eigenvalue weighted by atomic mass is 9.90. The first-order valence-corrected chi connectivity index (χ1v) is 12.9. The van der Waals surface area contributed by atoms with Gasteiger partial charge < -0.3 is 9.47 Å². The second kappa shape index (κ2) is 11.8. The Morgan fingerprint density at radius 3 is 2.76 bits per heavy atom. The Balaban J connectivity index is 1.36. The molecule has 1 aliphatic rings. The average molecular weight is 477 g/mol. The molecule has 5 nitrogen and oxygen atoms in total. The molecule has 0 unspecified atom stereocenters. The van der Waals surface area contributed by atoms with Crippen LogP contribution in [0.1, 0.15) is 55.7 Å². The number of aromatic nitrogens is 1. The number of hydrogen-bond donors (Lipinski definition) is 1. The second-order valence-corrected chi connectivity index (χ2v) is 9.38. The molecule has 0 atom stereocenters. The summed E-state index contributed by atoms with van der Waals surface area (Å²) in [7, 11) is 1.62. The van der Waals surface area contributed by atoms with Gasteiger partial charge in [0.15, 0.2) is 16.6 Å². The van der Waals surface area contributed by atoms with Gasteiger partial charge in [-0.3, -0.25) is 10.1 Å². The van der Waals surface area contributed by atoms with Gasteiger partial charge in [0.05, 0.1) is 19.4 Å². The number of thiazole rings is 1. The summed E-state index contributed by atoms with van der Waals surface area (Å²) in [4.78, 5) is 17.1. The first-order chi connectivity index (χ1) is 16.7. The number of hydrogen-bond acceptors (Lipinski definition) is 5. The van der Waals surface area contributed by atoms with Crippen LogP contribution in [0.25, 0.3) is 17.3 Å². The zero-order chi connectivity index (χ0) is 23.8. The van der Waals surface area contributed by atoms with Gasteiger partial charge in [-0.05, 0) is 73.1 Å². The minimum atomic E-state index is -0.217. The van der Waals surface area contributed by atoms with Gasteiger partial charge in [0.25, 0.3) is 0 Å². The van der Waals surface area contributed by atoms with E-state index in [0.717, 1.165) is 48.3 Å². The second-order valence-electron chi connectivity index (χ2n) is 8.52. The molecule has 1 N–H and O–H groups in total. The van der Waals surface area contributed by atoms with Gasteiger partial charge in [-0.1, -0.05) is 38.0 Å². The summed E-state index contributed by atoms with van der Waals surface area (Å²) in [6.45, 7) is 2.84. The molecule has 3 aromatic rings. The number of nitrogens with one attached hydrogen (secondary N) is 1. The average Bonchev–Trinajstić information content (AvgIpc) is 3.33. The third kappa shape index (κ3) is 6.26. The van der Waals surface area contributed by atoms with Crippen LogP contribution in [0.3, 0.4) is 0 Å². The highest BCUT2D eigenvalue weighted by molar-refractivity contribution is 7.14. The van der Waals surface area contributed by atoms with Crippen molar-refractivity contribution in [3.63, 3.8) is 0 Å². The topological polar surface area (TPSA) is 60.5 Å². The van der Waals surface area contributed by atoms with Crippen LogP contribution in [0.15, 0.2) is 47.9 Å². The highest BCUT2D eigenvalue weighted by Crippen LogP contribution is 2.30. The van der Waals surface area contributed by atoms with E-state index in [1.165, 1.54) is 47.8 Å². The molecule has 0 fully saturated rings.